The summed E-state index contributed by atoms with van der Waals surface area (Å²) in [6, 6.07) is 0.0156. The molecule has 92 valence electrons. The van der Waals surface area contributed by atoms with Gasteiger partial charge in [-0.1, -0.05) is 0 Å². The van der Waals surface area contributed by atoms with Gasteiger partial charge in [0.2, 0.25) is 0 Å². The zero-order chi connectivity index (χ0) is 12.0. The molecular formula is C11H20N2O2S. The van der Waals surface area contributed by atoms with Crippen LogP contribution in [-0.4, -0.2) is 38.0 Å². The second kappa shape index (κ2) is 6.96. The quantitative estimate of drug-likeness (QED) is 0.734. The summed E-state index contributed by atoms with van der Waals surface area (Å²) in [4.78, 5) is 5.72. The maximum atomic E-state index is 5.95. The Labute approximate surface area is 101 Å². The maximum absolute atomic E-state index is 5.95. The Balaban J connectivity index is 2.25. The lowest BCUT2D eigenvalue weighted by atomic mass is 10.2. The first-order valence-electron chi connectivity index (χ1n) is 5.38. The summed E-state index contributed by atoms with van der Waals surface area (Å²) in [5, 5.41) is 1.10. The van der Waals surface area contributed by atoms with E-state index in [4.69, 9.17) is 15.2 Å². The molecule has 5 heteroatoms. The third-order valence-corrected chi connectivity index (χ3v) is 3.37. The Bertz CT molecular complexity index is 295. The lowest BCUT2D eigenvalue weighted by molar-refractivity contribution is 0.0637. The fourth-order valence-electron chi connectivity index (χ4n) is 1.29. The average molecular weight is 244 g/mol. The van der Waals surface area contributed by atoms with Gasteiger partial charge in [0.15, 0.2) is 0 Å². The Morgan fingerprint density at radius 1 is 1.38 bits per heavy atom. The predicted octanol–water partition coefficient (Wildman–Crippen LogP) is 1.29. The van der Waals surface area contributed by atoms with Crippen molar-refractivity contribution in [1.29, 1.82) is 0 Å². The number of ether oxygens (including phenoxy) is 2. The zero-order valence-electron chi connectivity index (χ0n) is 10.2. The van der Waals surface area contributed by atoms with Crippen LogP contribution in [0.3, 0.4) is 0 Å². The van der Waals surface area contributed by atoms with Crippen molar-refractivity contribution in [3.8, 4) is 0 Å². The number of hydrogen-bond donors (Lipinski definition) is 1. The van der Waals surface area contributed by atoms with Crippen molar-refractivity contribution >= 4 is 11.3 Å². The van der Waals surface area contributed by atoms with E-state index in [-0.39, 0.29) is 6.04 Å². The van der Waals surface area contributed by atoms with Crippen molar-refractivity contribution in [3.05, 3.63) is 15.6 Å². The van der Waals surface area contributed by atoms with Crippen LogP contribution >= 0.6 is 11.3 Å². The molecule has 0 aliphatic carbocycles. The second-order valence-electron chi connectivity index (χ2n) is 3.78. The first-order valence-corrected chi connectivity index (χ1v) is 6.20. The fraction of sp³-hybridized carbons (Fsp3) is 0.727. The molecule has 1 unspecified atom stereocenters. The minimum absolute atomic E-state index is 0.0156. The molecule has 2 N–H and O–H groups in total. The van der Waals surface area contributed by atoms with Crippen molar-refractivity contribution in [2.75, 3.05) is 26.9 Å². The number of nitrogens with two attached hydrogens (primary N) is 1. The predicted molar refractivity (Wildman–Crippen MR) is 66.0 cm³/mol. The van der Waals surface area contributed by atoms with Gasteiger partial charge in [-0.05, 0) is 13.8 Å². The van der Waals surface area contributed by atoms with Crippen molar-refractivity contribution in [2.45, 2.75) is 26.3 Å². The average Bonchev–Trinajstić information content (AvgIpc) is 2.53. The zero-order valence-corrected chi connectivity index (χ0v) is 11.0. The number of methoxy groups -OCH3 is 1. The molecule has 0 fully saturated rings. The Morgan fingerprint density at radius 2 is 2.12 bits per heavy atom. The van der Waals surface area contributed by atoms with Gasteiger partial charge in [0.1, 0.15) is 0 Å². The number of hydrogen-bond acceptors (Lipinski definition) is 5. The van der Waals surface area contributed by atoms with Crippen molar-refractivity contribution in [3.63, 3.8) is 0 Å². The monoisotopic (exact) mass is 244 g/mol. The van der Waals surface area contributed by atoms with E-state index in [9.17, 15) is 0 Å². The molecule has 0 radical (unpaired) electrons. The Hall–Kier alpha value is -0.490. The minimum atomic E-state index is 0.0156. The molecule has 1 aromatic rings. The molecule has 4 nitrogen and oxygen atoms in total. The largest absolute Gasteiger partial charge is 0.382 e. The van der Waals surface area contributed by atoms with Crippen LogP contribution in [0.1, 0.15) is 15.6 Å². The van der Waals surface area contributed by atoms with Crippen LogP contribution in [0.4, 0.5) is 0 Å². The van der Waals surface area contributed by atoms with Gasteiger partial charge in [-0.3, -0.25) is 0 Å². The minimum Gasteiger partial charge on any atom is -0.382 e. The molecule has 1 aromatic heterocycles. The lowest BCUT2D eigenvalue weighted by Crippen LogP contribution is -2.29. The molecule has 1 atom stereocenters. The standard InChI is InChI=1S/C11H20N2O2S/c1-8-9(2)16-11(13-8)6-10(12)7-15-5-4-14-3/h10H,4-7,12H2,1-3H3. The summed E-state index contributed by atoms with van der Waals surface area (Å²) in [6.45, 7) is 5.87. The highest BCUT2D eigenvalue weighted by atomic mass is 32.1. The van der Waals surface area contributed by atoms with Crippen molar-refractivity contribution in [2.24, 2.45) is 5.73 Å². The Kier molecular flexibility index (Phi) is 5.90. The third-order valence-electron chi connectivity index (χ3n) is 2.27. The summed E-state index contributed by atoms with van der Waals surface area (Å²) in [5.74, 6) is 0. The van der Waals surface area contributed by atoms with Gasteiger partial charge in [0, 0.05) is 24.4 Å². The maximum Gasteiger partial charge on any atom is 0.0947 e. The molecule has 0 saturated carbocycles. The first-order chi connectivity index (χ1) is 7.63. The van der Waals surface area contributed by atoms with Crippen LogP contribution in [0.15, 0.2) is 0 Å². The van der Waals surface area contributed by atoms with E-state index in [0.717, 1.165) is 17.1 Å². The van der Waals surface area contributed by atoms with Gasteiger partial charge in [-0.2, -0.15) is 0 Å². The number of aromatic nitrogens is 1. The fourth-order valence-corrected chi connectivity index (χ4v) is 2.31. The third kappa shape index (κ3) is 4.57. The number of thiazole rings is 1. The molecule has 0 aliphatic heterocycles. The van der Waals surface area contributed by atoms with Gasteiger partial charge in [-0.15, -0.1) is 11.3 Å². The molecule has 16 heavy (non-hydrogen) atoms. The summed E-state index contributed by atoms with van der Waals surface area (Å²) in [6.07, 6.45) is 0.784. The van der Waals surface area contributed by atoms with Crippen LogP contribution in [0.2, 0.25) is 0 Å². The van der Waals surface area contributed by atoms with E-state index < -0.39 is 0 Å². The number of aryl methyl sites for hydroxylation is 2. The van der Waals surface area contributed by atoms with Crippen LogP contribution in [0.25, 0.3) is 0 Å². The smallest absolute Gasteiger partial charge is 0.0947 e. The molecule has 0 aromatic carbocycles. The normalized spacial score (nSPS) is 13.0. The van der Waals surface area contributed by atoms with E-state index in [1.165, 1.54) is 4.88 Å². The van der Waals surface area contributed by atoms with E-state index in [2.05, 4.69) is 11.9 Å². The van der Waals surface area contributed by atoms with Crippen LogP contribution in [-0.2, 0) is 15.9 Å². The molecule has 0 spiro atoms. The van der Waals surface area contributed by atoms with Gasteiger partial charge >= 0.3 is 0 Å². The second-order valence-corrected chi connectivity index (χ2v) is 5.07. The highest BCUT2D eigenvalue weighted by molar-refractivity contribution is 7.11. The van der Waals surface area contributed by atoms with Gasteiger partial charge in [0.25, 0.3) is 0 Å². The van der Waals surface area contributed by atoms with Crippen molar-refractivity contribution < 1.29 is 9.47 Å². The molecule has 0 saturated heterocycles. The molecular weight excluding hydrogens is 224 g/mol. The SMILES string of the molecule is COCCOCC(N)Cc1nc(C)c(C)s1. The van der Waals surface area contributed by atoms with Crippen LogP contribution in [0.5, 0.6) is 0 Å². The van der Waals surface area contributed by atoms with Crippen molar-refractivity contribution in [1.82, 2.24) is 4.98 Å². The summed E-state index contributed by atoms with van der Waals surface area (Å²) in [7, 11) is 1.66. The highest BCUT2D eigenvalue weighted by Crippen LogP contribution is 2.17. The van der Waals surface area contributed by atoms with Gasteiger partial charge in [0.05, 0.1) is 30.5 Å². The van der Waals surface area contributed by atoms with E-state index in [0.29, 0.717) is 19.8 Å². The highest BCUT2D eigenvalue weighted by Gasteiger charge is 2.09. The molecule has 1 heterocycles. The van der Waals surface area contributed by atoms with E-state index in [1.54, 1.807) is 18.4 Å². The summed E-state index contributed by atoms with van der Waals surface area (Å²) in [5.41, 5.74) is 7.05. The first kappa shape index (κ1) is 13.6. The van der Waals surface area contributed by atoms with Gasteiger partial charge < -0.3 is 15.2 Å². The number of rotatable bonds is 7. The van der Waals surface area contributed by atoms with Gasteiger partial charge in [-0.25, -0.2) is 4.98 Å². The van der Waals surface area contributed by atoms with Crippen LogP contribution in [0, 0.1) is 13.8 Å². The summed E-state index contributed by atoms with van der Waals surface area (Å²) >= 11 is 1.72. The topological polar surface area (TPSA) is 57.4 Å². The molecule has 0 bridgehead atoms. The Morgan fingerprint density at radius 3 is 2.69 bits per heavy atom. The number of nitrogens with zero attached hydrogens (tertiary/aromatic N) is 1. The lowest BCUT2D eigenvalue weighted by Gasteiger charge is -2.10. The molecule has 1 rings (SSSR count). The van der Waals surface area contributed by atoms with Crippen LogP contribution < -0.4 is 5.73 Å². The van der Waals surface area contributed by atoms with E-state index >= 15 is 0 Å². The molecule has 0 amide bonds. The molecule has 0 aliphatic rings. The summed E-state index contributed by atoms with van der Waals surface area (Å²) < 4.78 is 10.3. The van der Waals surface area contributed by atoms with E-state index in [1.807, 2.05) is 6.92 Å².